The van der Waals surface area contributed by atoms with E-state index in [1.807, 2.05) is 22.9 Å². The molecule has 27 heavy (non-hydrogen) atoms. The Morgan fingerprint density at radius 3 is 2.52 bits per heavy atom. The number of nitrogens with one attached hydrogen (secondary N) is 1. The average Bonchev–Trinajstić information content (AvgIpc) is 3.17. The van der Waals surface area contributed by atoms with Gasteiger partial charge in [-0.1, -0.05) is 29.8 Å². The number of aliphatic hydroxyl groups excluding tert-OH is 1. The highest BCUT2D eigenvalue weighted by molar-refractivity contribution is 5.97. The zero-order chi connectivity index (χ0) is 19.4. The van der Waals surface area contributed by atoms with Crippen molar-refractivity contribution in [3.05, 3.63) is 66.1 Å². The van der Waals surface area contributed by atoms with Crippen molar-refractivity contribution in [3.8, 4) is 22.4 Å². The molecular weight excluding hydrogens is 338 g/mol. The summed E-state index contributed by atoms with van der Waals surface area (Å²) in [6.07, 6.45) is 3.61. The monoisotopic (exact) mass is 363 g/mol. The number of nitrogens with zero attached hydrogens (tertiary/aromatic N) is 2. The Labute approximate surface area is 159 Å². The van der Waals surface area contributed by atoms with E-state index < -0.39 is 0 Å². The zero-order valence-electron chi connectivity index (χ0n) is 15.9. The van der Waals surface area contributed by atoms with Gasteiger partial charge in [0, 0.05) is 23.7 Å². The zero-order valence-corrected chi connectivity index (χ0v) is 15.9. The number of imidazole rings is 1. The highest BCUT2D eigenvalue weighted by Crippen LogP contribution is 2.28. The van der Waals surface area contributed by atoms with Crippen LogP contribution < -0.4 is 5.32 Å². The smallest absolute Gasteiger partial charge is 0.251 e. The van der Waals surface area contributed by atoms with Crippen molar-refractivity contribution >= 4 is 5.91 Å². The normalized spacial score (nSPS) is 12.0. The van der Waals surface area contributed by atoms with Gasteiger partial charge in [-0.05, 0) is 50.1 Å². The summed E-state index contributed by atoms with van der Waals surface area (Å²) < 4.78 is 2.05. The van der Waals surface area contributed by atoms with Crippen LogP contribution in [0, 0.1) is 6.92 Å². The van der Waals surface area contributed by atoms with Crippen molar-refractivity contribution in [1.82, 2.24) is 14.9 Å². The topological polar surface area (TPSA) is 67.2 Å². The first-order valence-corrected chi connectivity index (χ1v) is 9.16. The van der Waals surface area contributed by atoms with Crippen LogP contribution in [0.2, 0.25) is 0 Å². The van der Waals surface area contributed by atoms with Crippen molar-refractivity contribution in [3.63, 3.8) is 0 Å². The van der Waals surface area contributed by atoms with Gasteiger partial charge in [0.2, 0.25) is 0 Å². The standard InChI is InChI=1S/C22H25N3O2/c1-4-25-14-23-12-21(25)19-9-18(17-7-5-15(2)6-8-17)10-20(11-19)22(27)24-16(3)13-26/h5-12,14,16,26H,4,13H2,1-3H3,(H,24,27). The predicted octanol–water partition coefficient (Wildman–Crippen LogP) is 3.66. The molecule has 1 aromatic heterocycles. The fourth-order valence-electron chi connectivity index (χ4n) is 2.99. The summed E-state index contributed by atoms with van der Waals surface area (Å²) in [5, 5.41) is 12.1. The molecular formula is C22H25N3O2. The van der Waals surface area contributed by atoms with Crippen LogP contribution in [0.15, 0.2) is 55.0 Å². The molecule has 0 aliphatic rings. The van der Waals surface area contributed by atoms with Crippen molar-refractivity contribution < 1.29 is 9.90 Å². The summed E-state index contributed by atoms with van der Waals surface area (Å²) in [7, 11) is 0. The lowest BCUT2D eigenvalue weighted by molar-refractivity contribution is 0.0922. The lowest BCUT2D eigenvalue weighted by atomic mass is 9.97. The van der Waals surface area contributed by atoms with Crippen molar-refractivity contribution in [2.45, 2.75) is 33.4 Å². The Morgan fingerprint density at radius 1 is 1.15 bits per heavy atom. The second kappa shape index (κ2) is 8.18. The van der Waals surface area contributed by atoms with Gasteiger partial charge in [0.05, 0.1) is 24.8 Å². The summed E-state index contributed by atoms with van der Waals surface area (Å²) in [5.74, 6) is -0.200. The van der Waals surface area contributed by atoms with Crippen LogP contribution >= 0.6 is 0 Å². The molecule has 0 saturated heterocycles. The van der Waals surface area contributed by atoms with E-state index in [2.05, 4.69) is 54.5 Å². The van der Waals surface area contributed by atoms with Crippen LogP contribution in [-0.2, 0) is 6.54 Å². The van der Waals surface area contributed by atoms with Crippen LogP contribution in [0.25, 0.3) is 22.4 Å². The summed E-state index contributed by atoms with van der Waals surface area (Å²) >= 11 is 0. The maximum atomic E-state index is 12.7. The summed E-state index contributed by atoms with van der Waals surface area (Å²) in [6.45, 7) is 6.58. The third-order valence-electron chi connectivity index (χ3n) is 4.58. The van der Waals surface area contributed by atoms with Gasteiger partial charge in [-0.3, -0.25) is 4.79 Å². The van der Waals surface area contributed by atoms with E-state index in [1.165, 1.54) is 5.56 Å². The van der Waals surface area contributed by atoms with E-state index in [4.69, 9.17) is 0 Å². The number of hydrogen-bond donors (Lipinski definition) is 2. The van der Waals surface area contributed by atoms with E-state index in [0.717, 1.165) is 28.9 Å². The van der Waals surface area contributed by atoms with Gasteiger partial charge in [0.25, 0.3) is 5.91 Å². The minimum absolute atomic E-state index is 0.0984. The maximum absolute atomic E-state index is 12.7. The fourth-order valence-corrected chi connectivity index (χ4v) is 2.99. The van der Waals surface area contributed by atoms with Crippen LogP contribution in [0.1, 0.15) is 29.8 Å². The van der Waals surface area contributed by atoms with Crippen LogP contribution in [0.4, 0.5) is 0 Å². The second-order valence-corrected chi connectivity index (χ2v) is 6.79. The summed E-state index contributed by atoms with van der Waals surface area (Å²) in [6, 6.07) is 13.8. The molecule has 0 aliphatic carbocycles. The second-order valence-electron chi connectivity index (χ2n) is 6.79. The largest absolute Gasteiger partial charge is 0.394 e. The Bertz CT molecular complexity index is 929. The van der Waals surface area contributed by atoms with Gasteiger partial charge >= 0.3 is 0 Å². The number of rotatable bonds is 6. The van der Waals surface area contributed by atoms with Gasteiger partial charge in [0.15, 0.2) is 0 Å². The number of aryl methyl sites for hydroxylation is 2. The van der Waals surface area contributed by atoms with Crippen molar-refractivity contribution in [2.24, 2.45) is 0 Å². The number of aliphatic hydroxyl groups is 1. The molecule has 0 radical (unpaired) electrons. The molecule has 1 amide bonds. The molecule has 0 spiro atoms. The van der Waals surface area contributed by atoms with Crippen molar-refractivity contribution in [2.75, 3.05) is 6.61 Å². The van der Waals surface area contributed by atoms with Gasteiger partial charge in [0.1, 0.15) is 0 Å². The van der Waals surface area contributed by atoms with Gasteiger partial charge < -0.3 is 15.0 Å². The van der Waals surface area contributed by atoms with E-state index in [0.29, 0.717) is 5.56 Å². The van der Waals surface area contributed by atoms with Crippen LogP contribution in [0.3, 0.4) is 0 Å². The van der Waals surface area contributed by atoms with Crippen LogP contribution in [-0.4, -0.2) is 33.2 Å². The molecule has 3 rings (SSSR count). The molecule has 2 aromatic carbocycles. The molecule has 0 aliphatic heterocycles. The summed E-state index contributed by atoms with van der Waals surface area (Å²) in [4.78, 5) is 16.9. The maximum Gasteiger partial charge on any atom is 0.251 e. The molecule has 1 atom stereocenters. The van der Waals surface area contributed by atoms with Crippen molar-refractivity contribution in [1.29, 1.82) is 0 Å². The molecule has 5 nitrogen and oxygen atoms in total. The quantitative estimate of drug-likeness (QED) is 0.702. The third-order valence-corrected chi connectivity index (χ3v) is 4.58. The number of amides is 1. The van der Waals surface area contributed by atoms with Crippen LogP contribution in [0.5, 0.6) is 0 Å². The number of aromatic nitrogens is 2. The minimum Gasteiger partial charge on any atom is -0.394 e. The van der Waals surface area contributed by atoms with E-state index >= 15 is 0 Å². The number of hydrogen-bond acceptors (Lipinski definition) is 3. The molecule has 1 unspecified atom stereocenters. The molecule has 0 saturated carbocycles. The highest BCUT2D eigenvalue weighted by Gasteiger charge is 2.14. The average molecular weight is 363 g/mol. The minimum atomic E-state index is -0.301. The summed E-state index contributed by atoms with van der Waals surface area (Å²) in [5.41, 5.74) is 5.68. The molecule has 140 valence electrons. The molecule has 5 heteroatoms. The van der Waals surface area contributed by atoms with E-state index in [1.54, 1.807) is 13.3 Å². The lowest BCUT2D eigenvalue weighted by Crippen LogP contribution is -2.35. The Kier molecular flexibility index (Phi) is 5.72. The Hall–Kier alpha value is -2.92. The SMILES string of the molecule is CCn1cncc1-c1cc(C(=O)NC(C)CO)cc(-c2ccc(C)cc2)c1. The Balaban J connectivity index is 2.10. The number of benzene rings is 2. The first kappa shape index (κ1) is 18.9. The molecule has 0 fully saturated rings. The number of carbonyl (C=O) groups excluding carboxylic acids is 1. The molecule has 1 heterocycles. The first-order valence-electron chi connectivity index (χ1n) is 9.16. The third kappa shape index (κ3) is 4.26. The van der Waals surface area contributed by atoms with Gasteiger partial charge in [-0.2, -0.15) is 0 Å². The highest BCUT2D eigenvalue weighted by atomic mass is 16.3. The molecule has 2 N–H and O–H groups in total. The Morgan fingerprint density at radius 2 is 1.85 bits per heavy atom. The predicted molar refractivity (Wildman–Crippen MR) is 108 cm³/mol. The van der Waals surface area contributed by atoms with E-state index in [9.17, 15) is 9.90 Å². The number of carbonyl (C=O) groups is 1. The lowest BCUT2D eigenvalue weighted by Gasteiger charge is -2.14. The van der Waals surface area contributed by atoms with Gasteiger partial charge in [-0.15, -0.1) is 0 Å². The van der Waals surface area contributed by atoms with Gasteiger partial charge in [-0.25, -0.2) is 4.98 Å². The fraction of sp³-hybridized carbons (Fsp3) is 0.273. The first-order chi connectivity index (χ1) is 13.0. The van der Waals surface area contributed by atoms with E-state index in [-0.39, 0.29) is 18.6 Å². The molecule has 0 bridgehead atoms. The molecule has 3 aromatic rings.